The van der Waals surface area contributed by atoms with E-state index in [9.17, 15) is 5.11 Å². The van der Waals surface area contributed by atoms with Crippen molar-refractivity contribution in [1.82, 2.24) is 10.1 Å². The predicted molar refractivity (Wildman–Crippen MR) is 80.2 cm³/mol. The molecule has 2 aromatic rings. The lowest BCUT2D eigenvalue weighted by Gasteiger charge is -2.19. The maximum absolute atomic E-state index is 9.88. The Hall–Kier alpha value is -1.88. The van der Waals surface area contributed by atoms with Crippen molar-refractivity contribution < 1.29 is 14.4 Å². The van der Waals surface area contributed by atoms with Gasteiger partial charge in [0.25, 0.3) is 0 Å². The maximum Gasteiger partial charge on any atom is 0.232 e. The summed E-state index contributed by atoms with van der Waals surface area (Å²) in [7, 11) is 0. The maximum atomic E-state index is 9.88. The lowest BCUT2D eigenvalue weighted by molar-refractivity contribution is 0.120. The molecule has 0 aliphatic heterocycles. The molecule has 0 bridgehead atoms. The van der Waals surface area contributed by atoms with Gasteiger partial charge in [-0.05, 0) is 31.9 Å². The van der Waals surface area contributed by atoms with Crippen molar-refractivity contribution >= 4 is 0 Å². The van der Waals surface area contributed by atoms with Gasteiger partial charge < -0.3 is 14.4 Å². The van der Waals surface area contributed by atoms with E-state index in [-0.39, 0.29) is 11.8 Å². The molecule has 1 aromatic heterocycles. The average molecular weight is 290 g/mol. The van der Waals surface area contributed by atoms with E-state index >= 15 is 0 Å². The summed E-state index contributed by atoms with van der Waals surface area (Å²) in [4.78, 5) is 4.43. The quantitative estimate of drug-likeness (QED) is 0.884. The molecule has 1 aromatic carbocycles. The van der Waals surface area contributed by atoms with Crippen molar-refractivity contribution in [3.05, 3.63) is 30.2 Å². The fraction of sp³-hybridized carbons (Fsp3) is 0.500. The number of nitrogens with zero attached hydrogens (tertiary/aromatic N) is 2. The number of aromatic nitrogens is 2. The van der Waals surface area contributed by atoms with Gasteiger partial charge in [-0.3, -0.25) is 0 Å². The zero-order valence-corrected chi connectivity index (χ0v) is 12.9. The van der Waals surface area contributed by atoms with Crippen LogP contribution in [0.4, 0.5) is 0 Å². The first-order chi connectivity index (χ1) is 10.0. The molecule has 0 radical (unpaired) electrons. The Bertz CT molecular complexity index is 570. The second kappa shape index (κ2) is 6.72. The van der Waals surface area contributed by atoms with Crippen LogP contribution in [0.5, 0.6) is 5.75 Å². The Balaban J connectivity index is 2.29. The van der Waals surface area contributed by atoms with Gasteiger partial charge in [0.05, 0.1) is 18.6 Å². The van der Waals surface area contributed by atoms with E-state index in [1.165, 1.54) is 0 Å². The van der Waals surface area contributed by atoms with Gasteiger partial charge in [-0.1, -0.05) is 31.1 Å². The Morgan fingerprint density at radius 1 is 1.29 bits per heavy atom. The Morgan fingerprint density at radius 3 is 2.67 bits per heavy atom. The molecule has 1 N–H and O–H groups in total. The van der Waals surface area contributed by atoms with Crippen LogP contribution in [-0.2, 0) is 0 Å². The zero-order chi connectivity index (χ0) is 15.4. The average Bonchev–Trinajstić information content (AvgIpc) is 2.88. The minimum atomic E-state index is -0.534. The highest BCUT2D eigenvalue weighted by molar-refractivity contribution is 5.56. The molecule has 5 heteroatoms. The van der Waals surface area contributed by atoms with Gasteiger partial charge in [0.1, 0.15) is 5.75 Å². The van der Waals surface area contributed by atoms with E-state index in [1.54, 1.807) is 6.92 Å². The van der Waals surface area contributed by atoms with Crippen molar-refractivity contribution in [2.24, 2.45) is 5.92 Å². The lowest BCUT2D eigenvalue weighted by atomic mass is 9.91. The molecule has 0 saturated heterocycles. The SMILES string of the molecule is CCOc1cccc(-c2noc(C(C(C)C)C(C)O)n2)c1. The molecule has 2 rings (SSSR count). The molecule has 0 spiro atoms. The molecule has 0 fully saturated rings. The fourth-order valence-corrected chi connectivity index (χ4v) is 2.43. The molecule has 2 atom stereocenters. The number of hydrogen-bond acceptors (Lipinski definition) is 5. The van der Waals surface area contributed by atoms with E-state index in [1.807, 2.05) is 45.0 Å². The highest BCUT2D eigenvalue weighted by Gasteiger charge is 2.27. The predicted octanol–water partition coefficient (Wildman–Crippen LogP) is 3.26. The van der Waals surface area contributed by atoms with E-state index in [0.717, 1.165) is 11.3 Å². The van der Waals surface area contributed by atoms with E-state index in [2.05, 4.69) is 10.1 Å². The summed E-state index contributed by atoms with van der Waals surface area (Å²) < 4.78 is 10.8. The third-order valence-corrected chi connectivity index (χ3v) is 3.37. The third-order valence-electron chi connectivity index (χ3n) is 3.37. The smallest absolute Gasteiger partial charge is 0.232 e. The van der Waals surface area contributed by atoms with E-state index < -0.39 is 6.10 Å². The van der Waals surface area contributed by atoms with Gasteiger partial charge in [0.2, 0.25) is 11.7 Å². The van der Waals surface area contributed by atoms with E-state index in [0.29, 0.717) is 18.3 Å². The van der Waals surface area contributed by atoms with Crippen LogP contribution >= 0.6 is 0 Å². The van der Waals surface area contributed by atoms with Gasteiger partial charge in [-0.25, -0.2) is 0 Å². The monoisotopic (exact) mass is 290 g/mol. The standard InChI is InChI=1S/C16H22N2O3/c1-5-20-13-8-6-7-12(9-13)15-17-16(21-18-15)14(10(2)3)11(4)19/h6-11,14,19H,5H2,1-4H3. The summed E-state index contributed by atoms with van der Waals surface area (Å²) in [5.74, 6) is 1.81. The van der Waals surface area contributed by atoms with Crippen molar-refractivity contribution in [2.75, 3.05) is 6.61 Å². The minimum absolute atomic E-state index is 0.165. The number of rotatable bonds is 6. The highest BCUT2D eigenvalue weighted by atomic mass is 16.5. The Morgan fingerprint density at radius 2 is 2.05 bits per heavy atom. The molecule has 0 aliphatic rings. The first-order valence-electron chi connectivity index (χ1n) is 7.27. The van der Waals surface area contributed by atoms with E-state index in [4.69, 9.17) is 9.26 Å². The second-order valence-electron chi connectivity index (χ2n) is 5.43. The Labute approximate surface area is 125 Å². The summed E-state index contributed by atoms with van der Waals surface area (Å²) in [6.45, 7) is 8.34. The lowest BCUT2D eigenvalue weighted by Crippen LogP contribution is -2.20. The van der Waals surface area contributed by atoms with Crippen LogP contribution in [0.15, 0.2) is 28.8 Å². The van der Waals surface area contributed by atoms with Gasteiger partial charge in [-0.15, -0.1) is 0 Å². The molecule has 0 amide bonds. The van der Waals surface area contributed by atoms with Crippen LogP contribution in [0.25, 0.3) is 11.4 Å². The van der Waals surface area contributed by atoms with Gasteiger partial charge in [0.15, 0.2) is 0 Å². The molecule has 2 unspecified atom stereocenters. The van der Waals surface area contributed by atoms with Crippen LogP contribution in [0.1, 0.15) is 39.5 Å². The molecule has 114 valence electrons. The normalized spacial score (nSPS) is 14.2. The van der Waals surface area contributed by atoms with Crippen molar-refractivity contribution in [3.63, 3.8) is 0 Å². The molecule has 0 aliphatic carbocycles. The summed E-state index contributed by atoms with van der Waals surface area (Å²) >= 11 is 0. The summed E-state index contributed by atoms with van der Waals surface area (Å²) in [6, 6.07) is 7.57. The van der Waals surface area contributed by atoms with Crippen molar-refractivity contribution in [3.8, 4) is 17.1 Å². The van der Waals surface area contributed by atoms with Gasteiger partial charge in [0, 0.05) is 5.56 Å². The third kappa shape index (κ3) is 3.61. The van der Waals surface area contributed by atoms with Crippen LogP contribution in [-0.4, -0.2) is 28.0 Å². The number of ether oxygens (including phenoxy) is 1. The number of hydrogen-bond donors (Lipinski definition) is 1. The summed E-state index contributed by atoms with van der Waals surface area (Å²) in [5.41, 5.74) is 0.837. The van der Waals surface area contributed by atoms with Crippen molar-refractivity contribution in [2.45, 2.75) is 39.7 Å². The van der Waals surface area contributed by atoms with Gasteiger partial charge in [-0.2, -0.15) is 4.98 Å². The van der Waals surface area contributed by atoms with Crippen LogP contribution in [0.2, 0.25) is 0 Å². The summed E-state index contributed by atoms with van der Waals surface area (Å²) in [6.07, 6.45) is -0.534. The van der Waals surface area contributed by atoms with Crippen LogP contribution in [0.3, 0.4) is 0 Å². The van der Waals surface area contributed by atoms with Crippen LogP contribution < -0.4 is 4.74 Å². The minimum Gasteiger partial charge on any atom is -0.494 e. The fourth-order valence-electron chi connectivity index (χ4n) is 2.43. The van der Waals surface area contributed by atoms with Gasteiger partial charge >= 0.3 is 0 Å². The molecular weight excluding hydrogens is 268 g/mol. The number of benzene rings is 1. The molecule has 1 heterocycles. The molecule has 5 nitrogen and oxygen atoms in total. The topological polar surface area (TPSA) is 68.4 Å². The second-order valence-corrected chi connectivity index (χ2v) is 5.43. The first kappa shape index (κ1) is 15.5. The van der Waals surface area contributed by atoms with Crippen LogP contribution in [0, 0.1) is 5.92 Å². The first-order valence-corrected chi connectivity index (χ1v) is 7.27. The zero-order valence-electron chi connectivity index (χ0n) is 12.9. The summed E-state index contributed by atoms with van der Waals surface area (Å²) in [5, 5.41) is 13.9. The van der Waals surface area contributed by atoms with Crippen molar-refractivity contribution in [1.29, 1.82) is 0 Å². The Kier molecular flexibility index (Phi) is 4.96. The number of aliphatic hydroxyl groups is 1. The molecule has 0 saturated carbocycles. The highest BCUT2D eigenvalue weighted by Crippen LogP contribution is 2.29. The number of aliphatic hydroxyl groups excluding tert-OH is 1. The molecular formula is C16H22N2O3. The largest absolute Gasteiger partial charge is 0.494 e. The molecule has 21 heavy (non-hydrogen) atoms.